The summed E-state index contributed by atoms with van der Waals surface area (Å²) in [6, 6.07) is 0. The van der Waals surface area contributed by atoms with Gasteiger partial charge in [-0.3, -0.25) is 0 Å². The van der Waals surface area contributed by atoms with Crippen molar-refractivity contribution in [3.8, 4) is 0 Å². The summed E-state index contributed by atoms with van der Waals surface area (Å²) in [6.07, 6.45) is 27.9. The molecule has 2 aliphatic heterocycles. The number of unbranched alkanes of at least 4 members (excludes halogenated alkanes) is 15. The summed E-state index contributed by atoms with van der Waals surface area (Å²) in [5.74, 6) is -0.116. The Kier molecular flexibility index (Phi) is 20.8. The molecule has 2 aliphatic rings. The Hall–Kier alpha value is -0.950. The number of carbonyl (C=O) groups is 1. The van der Waals surface area contributed by atoms with Crippen molar-refractivity contribution in [1.29, 1.82) is 0 Å². The molecule has 3 N–H and O–H groups in total. The second-order valence-electron chi connectivity index (χ2n) is 13.3. The molecule has 2 heterocycles. The minimum Gasteiger partial charge on any atom is -0.455 e. The number of hydrogen-bond acceptors (Lipinski definition) is 6. The van der Waals surface area contributed by atoms with Gasteiger partial charge in [0.25, 0.3) is 0 Å². The van der Waals surface area contributed by atoms with Gasteiger partial charge in [-0.25, -0.2) is 4.79 Å². The van der Waals surface area contributed by atoms with Gasteiger partial charge in [0.05, 0.1) is 30.5 Å². The number of aliphatic hydroxyl groups is 3. The standard InChI is InChI=1S/C36H66O6/c1-3-4-5-6-15-18-23-32(37)33(38)24-19-20-25-34(39)35-27-26-31(42-35)22-17-14-12-10-8-7-9-11-13-16-21-30-28-29(2)41-36(30)40/h28-29,31-35,37-39H,3-27H2,1-2H3. The molecule has 42 heavy (non-hydrogen) atoms. The first kappa shape index (κ1) is 37.2. The molecule has 0 aliphatic carbocycles. The van der Waals surface area contributed by atoms with Crippen LogP contribution in [0.15, 0.2) is 11.6 Å². The van der Waals surface area contributed by atoms with Crippen LogP contribution >= 0.6 is 0 Å². The summed E-state index contributed by atoms with van der Waals surface area (Å²) >= 11 is 0. The van der Waals surface area contributed by atoms with Crippen molar-refractivity contribution in [2.45, 2.75) is 211 Å². The predicted octanol–water partition coefficient (Wildman–Crippen LogP) is 8.48. The average Bonchev–Trinajstić information content (AvgIpc) is 3.58. The molecule has 0 aromatic carbocycles. The van der Waals surface area contributed by atoms with Gasteiger partial charge in [0, 0.05) is 5.57 Å². The molecule has 1 saturated heterocycles. The van der Waals surface area contributed by atoms with Crippen molar-refractivity contribution in [2.24, 2.45) is 0 Å². The van der Waals surface area contributed by atoms with E-state index in [1.54, 1.807) is 0 Å². The van der Waals surface area contributed by atoms with E-state index < -0.39 is 18.3 Å². The fraction of sp³-hybridized carbons (Fsp3) is 0.917. The maximum atomic E-state index is 11.6. The highest BCUT2D eigenvalue weighted by Crippen LogP contribution is 2.28. The van der Waals surface area contributed by atoms with Crippen molar-refractivity contribution in [3.63, 3.8) is 0 Å². The fourth-order valence-electron chi connectivity index (χ4n) is 6.56. The van der Waals surface area contributed by atoms with Crippen LogP contribution in [0.2, 0.25) is 0 Å². The van der Waals surface area contributed by atoms with Crippen LogP contribution in [0, 0.1) is 0 Å². The third kappa shape index (κ3) is 16.8. The monoisotopic (exact) mass is 594 g/mol. The first-order valence-electron chi connectivity index (χ1n) is 18.0. The van der Waals surface area contributed by atoms with E-state index in [0.717, 1.165) is 63.4 Å². The Labute approximate surface area is 258 Å². The minimum atomic E-state index is -0.645. The van der Waals surface area contributed by atoms with E-state index in [2.05, 4.69) is 6.92 Å². The third-order valence-corrected chi connectivity index (χ3v) is 9.33. The number of ether oxygens (including phenoxy) is 2. The molecular weight excluding hydrogens is 528 g/mol. The smallest absolute Gasteiger partial charge is 0.334 e. The molecule has 0 amide bonds. The first-order valence-corrected chi connectivity index (χ1v) is 18.0. The van der Waals surface area contributed by atoms with Crippen molar-refractivity contribution >= 4 is 5.97 Å². The molecule has 6 unspecified atom stereocenters. The highest BCUT2D eigenvalue weighted by Gasteiger charge is 2.30. The maximum absolute atomic E-state index is 11.6. The average molecular weight is 595 g/mol. The van der Waals surface area contributed by atoms with Crippen LogP contribution in [0.25, 0.3) is 0 Å². The van der Waals surface area contributed by atoms with Crippen LogP contribution in [0.4, 0.5) is 0 Å². The van der Waals surface area contributed by atoms with Gasteiger partial charge in [0.1, 0.15) is 6.10 Å². The van der Waals surface area contributed by atoms with E-state index in [-0.39, 0.29) is 18.2 Å². The Morgan fingerprint density at radius 2 is 1.24 bits per heavy atom. The zero-order valence-corrected chi connectivity index (χ0v) is 27.3. The lowest BCUT2D eigenvalue weighted by atomic mass is 9.98. The molecule has 6 atom stereocenters. The van der Waals surface area contributed by atoms with Gasteiger partial charge in [-0.15, -0.1) is 0 Å². The summed E-state index contributed by atoms with van der Waals surface area (Å²) < 4.78 is 11.3. The molecule has 0 bridgehead atoms. The van der Waals surface area contributed by atoms with Crippen LogP contribution < -0.4 is 0 Å². The molecule has 1 fully saturated rings. The molecule has 0 aromatic heterocycles. The van der Waals surface area contributed by atoms with Crippen molar-refractivity contribution < 1.29 is 29.6 Å². The van der Waals surface area contributed by atoms with Crippen molar-refractivity contribution in [3.05, 3.63) is 11.6 Å². The van der Waals surface area contributed by atoms with Crippen LogP contribution in [-0.2, 0) is 14.3 Å². The summed E-state index contributed by atoms with van der Waals surface area (Å²) in [6.45, 7) is 4.13. The second-order valence-corrected chi connectivity index (χ2v) is 13.3. The number of hydrogen-bond donors (Lipinski definition) is 3. The van der Waals surface area contributed by atoms with E-state index in [1.165, 1.54) is 83.5 Å². The number of esters is 1. The maximum Gasteiger partial charge on any atom is 0.334 e. The van der Waals surface area contributed by atoms with E-state index >= 15 is 0 Å². The SMILES string of the molecule is CCCCCCCCC(O)C(O)CCCCC(O)C1CCC(CCCCCCCCCCCCC2=CC(C)OC2=O)O1. The summed E-state index contributed by atoms with van der Waals surface area (Å²) in [4.78, 5) is 11.6. The molecule has 0 aromatic rings. The number of rotatable bonds is 27. The highest BCUT2D eigenvalue weighted by molar-refractivity contribution is 5.90. The van der Waals surface area contributed by atoms with E-state index in [9.17, 15) is 20.1 Å². The van der Waals surface area contributed by atoms with Crippen molar-refractivity contribution in [2.75, 3.05) is 0 Å². The van der Waals surface area contributed by atoms with Crippen LogP contribution in [-0.4, -0.2) is 57.9 Å². The Morgan fingerprint density at radius 1 is 0.714 bits per heavy atom. The number of cyclic esters (lactones) is 1. The molecule has 6 heteroatoms. The van der Waals surface area contributed by atoms with Crippen molar-refractivity contribution in [1.82, 2.24) is 0 Å². The fourth-order valence-corrected chi connectivity index (χ4v) is 6.56. The summed E-state index contributed by atoms with van der Waals surface area (Å²) in [5.41, 5.74) is 0.871. The van der Waals surface area contributed by atoms with Gasteiger partial charge in [-0.2, -0.15) is 0 Å². The molecule has 0 spiro atoms. The minimum absolute atomic E-state index is 0.0366. The Balaban J connectivity index is 1.35. The molecule has 0 saturated carbocycles. The first-order chi connectivity index (χ1) is 20.4. The van der Waals surface area contributed by atoms with Gasteiger partial charge in [-0.05, 0) is 64.4 Å². The Morgan fingerprint density at radius 3 is 1.83 bits per heavy atom. The molecule has 6 nitrogen and oxygen atoms in total. The lowest BCUT2D eigenvalue weighted by molar-refractivity contribution is -0.139. The summed E-state index contributed by atoms with van der Waals surface area (Å²) in [7, 11) is 0. The van der Waals surface area contributed by atoms with E-state index in [1.807, 2.05) is 13.0 Å². The lowest BCUT2D eigenvalue weighted by Gasteiger charge is -2.20. The van der Waals surface area contributed by atoms with Gasteiger partial charge in [0.2, 0.25) is 0 Å². The van der Waals surface area contributed by atoms with Gasteiger partial charge < -0.3 is 24.8 Å². The molecule has 246 valence electrons. The number of aliphatic hydroxyl groups excluding tert-OH is 3. The zero-order chi connectivity index (χ0) is 30.4. The highest BCUT2D eigenvalue weighted by atomic mass is 16.5. The van der Waals surface area contributed by atoms with E-state index in [0.29, 0.717) is 25.4 Å². The van der Waals surface area contributed by atoms with Crippen LogP contribution in [0.1, 0.15) is 174 Å². The largest absolute Gasteiger partial charge is 0.455 e. The second kappa shape index (κ2) is 23.4. The van der Waals surface area contributed by atoms with Crippen LogP contribution in [0.5, 0.6) is 0 Å². The molecular formula is C36H66O6. The van der Waals surface area contributed by atoms with E-state index in [4.69, 9.17) is 9.47 Å². The Bertz CT molecular complexity index is 709. The normalized spacial score (nSPS) is 22.7. The molecule has 0 radical (unpaired) electrons. The van der Waals surface area contributed by atoms with Gasteiger partial charge >= 0.3 is 5.97 Å². The number of carbonyl (C=O) groups excluding carboxylic acids is 1. The van der Waals surface area contributed by atoms with Crippen LogP contribution in [0.3, 0.4) is 0 Å². The predicted molar refractivity (Wildman–Crippen MR) is 171 cm³/mol. The van der Waals surface area contributed by atoms with Gasteiger partial charge in [0.15, 0.2) is 0 Å². The lowest BCUT2D eigenvalue weighted by Crippen LogP contribution is -2.27. The third-order valence-electron chi connectivity index (χ3n) is 9.33. The quantitative estimate of drug-likeness (QED) is 0.0652. The topological polar surface area (TPSA) is 96.2 Å². The van der Waals surface area contributed by atoms with Gasteiger partial charge in [-0.1, -0.05) is 116 Å². The molecule has 2 rings (SSSR count). The summed E-state index contributed by atoms with van der Waals surface area (Å²) in [5, 5.41) is 31.1. The zero-order valence-electron chi connectivity index (χ0n) is 27.3.